The number of hydrogen-bond acceptors (Lipinski definition) is 4. The van der Waals surface area contributed by atoms with Gasteiger partial charge in [-0.1, -0.05) is 18.6 Å². The molecule has 0 bridgehead atoms. The second-order valence-electron chi connectivity index (χ2n) is 8.53. The van der Waals surface area contributed by atoms with Crippen molar-refractivity contribution in [3.8, 4) is 5.75 Å². The Bertz CT molecular complexity index is 738. The molecule has 0 radical (unpaired) electrons. The quantitative estimate of drug-likeness (QED) is 0.233. The van der Waals surface area contributed by atoms with Crippen LogP contribution < -0.4 is 15.4 Å². The van der Waals surface area contributed by atoms with Gasteiger partial charge < -0.3 is 24.8 Å². The molecule has 3 unspecified atom stereocenters. The summed E-state index contributed by atoms with van der Waals surface area (Å²) in [6.45, 7) is 7.54. The second-order valence-corrected chi connectivity index (χ2v) is 8.53. The standard InChI is InChI=1S/C23H35N3O3.HI/c1-4-27-12-13-28-19-14-16(2)6-7-17(19)15-25-22(24-3)26-20-18-8-11-29-21(18)23(20)9-5-10-23;/h6-7,14,18,20-21H,4-5,8-13,15H2,1-3H3,(H2,24,25,26);1H. The van der Waals surface area contributed by atoms with Crippen molar-refractivity contribution < 1.29 is 14.2 Å². The van der Waals surface area contributed by atoms with Gasteiger partial charge >= 0.3 is 0 Å². The van der Waals surface area contributed by atoms with Crippen LogP contribution in [0.2, 0.25) is 0 Å². The van der Waals surface area contributed by atoms with Gasteiger partial charge in [0.05, 0.1) is 12.7 Å². The van der Waals surface area contributed by atoms with Crippen molar-refractivity contribution in [3.05, 3.63) is 29.3 Å². The van der Waals surface area contributed by atoms with Crippen LogP contribution in [0.4, 0.5) is 0 Å². The average Bonchev–Trinajstić information content (AvgIpc) is 3.10. The lowest BCUT2D eigenvalue weighted by molar-refractivity contribution is -0.171. The molecule has 1 aromatic carbocycles. The Morgan fingerprint density at radius 1 is 1.30 bits per heavy atom. The normalized spacial score (nSPS) is 26.2. The number of aryl methyl sites for hydroxylation is 1. The van der Waals surface area contributed by atoms with E-state index in [1.54, 1.807) is 0 Å². The van der Waals surface area contributed by atoms with Gasteiger partial charge in [0, 0.05) is 49.7 Å². The summed E-state index contributed by atoms with van der Waals surface area (Å²) in [5.74, 6) is 2.41. The lowest BCUT2D eigenvalue weighted by Crippen LogP contribution is -2.72. The lowest BCUT2D eigenvalue weighted by atomic mass is 9.46. The zero-order chi connectivity index (χ0) is 20.3. The molecule has 1 aromatic rings. The van der Waals surface area contributed by atoms with Crippen molar-refractivity contribution in [1.29, 1.82) is 0 Å². The number of rotatable bonds is 8. The van der Waals surface area contributed by atoms with Crippen LogP contribution in [0, 0.1) is 18.3 Å². The van der Waals surface area contributed by atoms with E-state index in [2.05, 4.69) is 40.7 Å². The van der Waals surface area contributed by atoms with Gasteiger partial charge in [-0.05, 0) is 44.7 Å². The Hall–Kier alpha value is -1.06. The number of guanidine groups is 1. The molecule has 6 nitrogen and oxygen atoms in total. The van der Waals surface area contributed by atoms with E-state index in [1.165, 1.54) is 24.8 Å². The second kappa shape index (κ2) is 10.5. The van der Waals surface area contributed by atoms with Gasteiger partial charge in [-0.25, -0.2) is 0 Å². The highest BCUT2D eigenvalue weighted by atomic mass is 127. The Kier molecular flexibility index (Phi) is 8.26. The van der Waals surface area contributed by atoms with Gasteiger partial charge in [-0.2, -0.15) is 0 Å². The van der Waals surface area contributed by atoms with E-state index in [0.717, 1.165) is 30.3 Å². The summed E-state index contributed by atoms with van der Waals surface area (Å²) >= 11 is 0. The van der Waals surface area contributed by atoms with Crippen molar-refractivity contribution in [3.63, 3.8) is 0 Å². The summed E-state index contributed by atoms with van der Waals surface area (Å²) in [6.07, 6.45) is 5.51. The molecular weight excluding hydrogens is 493 g/mol. The Morgan fingerprint density at radius 3 is 2.83 bits per heavy atom. The summed E-state index contributed by atoms with van der Waals surface area (Å²) in [4.78, 5) is 4.49. The summed E-state index contributed by atoms with van der Waals surface area (Å²) in [7, 11) is 1.85. The molecule has 30 heavy (non-hydrogen) atoms. The molecular formula is C23H36IN3O3. The van der Waals surface area contributed by atoms with Crippen LogP contribution in [0.15, 0.2) is 23.2 Å². The van der Waals surface area contributed by atoms with E-state index in [4.69, 9.17) is 14.2 Å². The SMILES string of the molecule is CCOCCOc1cc(C)ccc1CNC(=NC)NC1C2CCOC2C12CCC2.I. The molecule has 3 atom stereocenters. The van der Waals surface area contributed by atoms with E-state index in [-0.39, 0.29) is 24.0 Å². The zero-order valence-electron chi connectivity index (χ0n) is 18.4. The first-order chi connectivity index (χ1) is 14.2. The van der Waals surface area contributed by atoms with Crippen molar-refractivity contribution in [1.82, 2.24) is 10.6 Å². The van der Waals surface area contributed by atoms with Crippen molar-refractivity contribution >= 4 is 29.9 Å². The molecule has 1 spiro atoms. The van der Waals surface area contributed by atoms with Gasteiger partial charge in [0.2, 0.25) is 0 Å². The molecule has 1 saturated heterocycles. The van der Waals surface area contributed by atoms with Crippen LogP contribution in [0.1, 0.15) is 43.7 Å². The minimum Gasteiger partial charge on any atom is -0.491 e. The fourth-order valence-corrected chi connectivity index (χ4v) is 5.27. The molecule has 3 fully saturated rings. The molecule has 7 heteroatoms. The maximum atomic E-state index is 6.04. The molecule has 0 aromatic heterocycles. The number of benzene rings is 1. The molecule has 2 aliphatic carbocycles. The molecule has 4 rings (SSSR count). The topological polar surface area (TPSA) is 64.1 Å². The summed E-state index contributed by atoms with van der Waals surface area (Å²) in [6, 6.07) is 6.83. The highest BCUT2D eigenvalue weighted by Gasteiger charge is 2.66. The smallest absolute Gasteiger partial charge is 0.191 e. The number of aliphatic imine (C=N–C) groups is 1. The van der Waals surface area contributed by atoms with Gasteiger partial charge in [-0.3, -0.25) is 4.99 Å². The van der Waals surface area contributed by atoms with Crippen LogP contribution in [-0.2, 0) is 16.0 Å². The number of ether oxygens (including phenoxy) is 3. The number of fused-ring (bicyclic) bond motifs is 2. The first kappa shape index (κ1) is 23.6. The predicted molar refractivity (Wildman–Crippen MR) is 130 cm³/mol. The van der Waals surface area contributed by atoms with Gasteiger partial charge in [0.1, 0.15) is 12.4 Å². The van der Waals surface area contributed by atoms with Crippen LogP contribution in [0.5, 0.6) is 5.75 Å². The molecule has 2 N–H and O–H groups in total. The predicted octanol–water partition coefficient (Wildman–Crippen LogP) is 3.65. The lowest BCUT2D eigenvalue weighted by Gasteiger charge is -2.63. The van der Waals surface area contributed by atoms with Crippen LogP contribution in [-0.4, -0.2) is 51.6 Å². The monoisotopic (exact) mass is 529 g/mol. The van der Waals surface area contributed by atoms with Crippen molar-refractivity contribution in [2.75, 3.05) is 33.5 Å². The van der Waals surface area contributed by atoms with Crippen molar-refractivity contribution in [2.24, 2.45) is 16.3 Å². The number of halogens is 1. The van der Waals surface area contributed by atoms with Gasteiger partial charge in [0.25, 0.3) is 0 Å². The first-order valence-electron chi connectivity index (χ1n) is 11.1. The van der Waals surface area contributed by atoms with Crippen molar-refractivity contribution in [2.45, 2.75) is 58.2 Å². The largest absolute Gasteiger partial charge is 0.491 e. The van der Waals surface area contributed by atoms with Crippen LogP contribution in [0.3, 0.4) is 0 Å². The Labute approximate surface area is 197 Å². The third kappa shape index (κ3) is 4.58. The molecule has 1 aliphatic heterocycles. The van der Waals surface area contributed by atoms with Crippen LogP contribution in [0.25, 0.3) is 0 Å². The zero-order valence-corrected chi connectivity index (χ0v) is 20.7. The number of nitrogens with zero attached hydrogens (tertiary/aromatic N) is 1. The van der Waals surface area contributed by atoms with E-state index < -0.39 is 0 Å². The molecule has 168 valence electrons. The Balaban J connectivity index is 0.00000256. The van der Waals surface area contributed by atoms with Gasteiger partial charge in [-0.15, -0.1) is 24.0 Å². The fourth-order valence-electron chi connectivity index (χ4n) is 5.27. The first-order valence-corrected chi connectivity index (χ1v) is 11.1. The third-order valence-corrected chi connectivity index (χ3v) is 6.91. The highest BCUT2D eigenvalue weighted by Crippen LogP contribution is 2.62. The van der Waals surface area contributed by atoms with Crippen LogP contribution >= 0.6 is 24.0 Å². The minimum atomic E-state index is 0. The van der Waals surface area contributed by atoms with Gasteiger partial charge in [0.15, 0.2) is 5.96 Å². The Morgan fingerprint density at radius 2 is 2.13 bits per heavy atom. The maximum absolute atomic E-state index is 6.04. The van der Waals surface area contributed by atoms with E-state index in [1.807, 2.05) is 14.0 Å². The molecule has 1 heterocycles. The number of hydrogen-bond donors (Lipinski definition) is 2. The third-order valence-electron chi connectivity index (χ3n) is 6.91. The molecule has 3 aliphatic rings. The average molecular weight is 529 g/mol. The fraction of sp³-hybridized carbons (Fsp3) is 0.696. The summed E-state index contributed by atoms with van der Waals surface area (Å²) in [5, 5.41) is 7.23. The van der Waals surface area contributed by atoms with E-state index in [0.29, 0.717) is 49.8 Å². The molecule has 0 amide bonds. The molecule has 2 saturated carbocycles. The summed E-state index contributed by atoms with van der Waals surface area (Å²) in [5.41, 5.74) is 2.66. The minimum absolute atomic E-state index is 0. The summed E-state index contributed by atoms with van der Waals surface area (Å²) < 4.78 is 17.4. The van der Waals surface area contributed by atoms with E-state index in [9.17, 15) is 0 Å². The number of nitrogens with one attached hydrogen (secondary N) is 2. The van der Waals surface area contributed by atoms with E-state index >= 15 is 0 Å². The maximum Gasteiger partial charge on any atom is 0.191 e. The highest BCUT2D eigenvalue weighted by molar-refractivity contribution is 14.0.